The fourth-order valence-electron chi connectivity index (χ4n) is 4.67. The molecule has 3 aromatic rings. The summed E-state index contributed by atoms with van der Waals surface area (Å²) in [4.78, 5) is 40.5. The van der Waals surface area contributed by atoms with E-state index in [1.807, 2.05) is 6.92 Å². The van der Waals surface area contributed by atoms with Crippen LogP contribution in [0.1, 0.15) is 45.5 Å². The van der Waals surface area contributed by atoms with Gasteiger partial charge in [-0.2, -0.15) is 0 Å². The topological polar surface area (TPSA) is 132 Å². The highest BCUT2D eigenvalue weighted by Crippen LogP contribution is 2.29. The Kier molecular flexibility index (Phi) is 7.85. The van der Waals surface area contributed by atoms with Gasteiger partial charge in [0.15, 0.2) is 18.1 Å². The van der Waals surface area contributed by atoms with Crippen LogP contribution in [0.3, 0.4) is 0 Å². The van der Waals surface area contributed by atoms with Crippen molar-refractivity contribution in [2.45, 2.75) is 38.5 Å². The van der Waals surface area contributed by atoms with Crippen molar-refractivity contribution >= 4 is 17.7 Å². The van der Waals surface area contributed by atoms with Gasteiger partial charge < -0.3 is 34.3 Å². The SMILES string of the molecule is CCc1cc(C(=O)N2CC[C@H]3Oc4cc(F)cc(c4)CNC(=O)COc4cc(ccc4OC)C(=O)N[C@H]3C2)on1. The molecule has 40 heavy (non-hydrogen) atoms. The molecule has 3 heterocycles. The summed E-state index contributed by atoms with van der Waals surface area (Å²) in [7, 11) is 1.45. The Morgan fingerprint density at radius 1 is 1.20 bits per heavy atom. The number of methoxy groups -OCH3 is 1. The van der Waals surface area contributed by atoms with Gasteiger partial charge in [-0.05, 0) is 42.3 Å². The molecule has 11 nitrogen and oxygen atoms in total. The first kappa shape index (κ1) is 27.0. The molecule has 2 aromatic carbocycles. The number of carbonyl (C=O) groups is 3. The van der Waals surface area contributed by atoms with Crippen LogP contribution in [-0.4, -0.2) is 66.7 Å². The maximum atomic E-state index is 14.5. The standard InChI is InChI=1S/C28H29FN4O7/c1-3-19-12-25(40-32-19)28(36)33-7-6-22-21(14-33)31-27(35)17-4-5-23(37-2)24(10-17)38-15-26(34)30-13-16-8-18(29)11-20(9-16)39-22/h4-5,8-12,21-22H,3,6-7,13-15H2,1-2H3,(H,30,34)(H,31,35)/t21-,22+/m0/s1. The van der Waals surface area contributed by atoms with Crippen molar-refractivity contribution in [1.82, 2.24) is 20.7 Å². The molecule has 12 heteroatoms. The van der Waals surface area contributed by atoms with Crippen LogP contribution in [0.25, 0.3) is 0 Å². The molecule has 1 saturated heterocycles. The quantitative estimate of drug-likeness (QED) is 0.507. The number of carbonyl (C=O) groups excluding carboxylic acids is 3. The summed E-state index contributed by atoms with van der Waals surface area (Å²) in [5, 5.41) is 9.54. The maximum absolute atomic E-state index is 14.5. The number of amides is 3. The molecule has 2 N–H and O–H groups in total. The molecule has 0 saturated carbocycles. The summed E-state index contributed by atoms with van der Waals surface area (Å²) in [5.41, 5.74) is 1.40. The molecular formula is C28H29FN4O7. The third kappa shape index (κ3) is 6.00. The normalized spacial score (nSPS) is 19.4. The zero-order valence-electron chi connectivity index (χ0n) is 22.1. The van der Waals surface area contributed by atoms with E-state index in [-0.39, 0.29) is 48.4 Å². The van der Waals surface area contributed by atoms with E-state index in [1.54, 1.807) is 29.2 Å². The first-order chi connectivity index (χ1) is 19.3. The first-order valence-corrected chi connectivity index (χ1v) is 12.9. The van der Waals surface area contributed by atoms with Crippen LogP contribution in [0, 0.1) is 5.82 Å². The molecule has 0 unspecified atom stereocenters. The van der Waals surface area contributed by atoms with Gasteiger partial charge >= 0.3 is 0 Å². The van der Waals surface area contributed by atoms with Crippen molar-refractivity contribution in [3.8, 4) is 17.2 Å². The Balaban J connectivity index is 1.46. The molecule has 2 aliphatic heterocycles. The molecule has 2 atom stereocenters. The highest BCUT2D eigenvalue weighted by molar-refractivity contribution is 5.95. The van der Waals surface area contributed by atoms with Crippen LogP contribution in [0.4, 0.5) is 4.39 Å². The van der Waals surface area contributed by atoms with E-state index in [0.29, 0.717) is 36.4 Å². The van der Waals surface area contributed by atoms with Gasteiger partial charge in [-0.25, -0.2) is 4.39 Å². The minimum Gasteiger partial charge on any atom is -0.493 e. The number of ether oxygens (including phenoxy) is 3. The smallest absolute Gasteiger partial charge is 0.292 e. The predicted octanol–water partition coefficient (Wildman–Crippen LogP) is 2.49. The van der Waals surface area contributed by atoms with E-state index in [4.69, 9.17) is 18.7 Å². The van der Waals surface area contributed by atoms with Crippen molar-refractivity contribution in [1.29, 1.82) is 0 Å². The summed E-state index contributed by atoms with van der Waals surface area (Å²) < 4.78 is 36.8. The number of piperidine rings is 1. The molecule has 2 aliphatic rings. The second-order valence-corrected chi connectivity index (χ2v) is 9.54. The lowest BCUT2D eigenvalue weighted by Gasteiger charge is -2.38. The molecule has 4 bridgehead atoms. The Labute approximate surface area is 229 Å². The van der Waals surface area contributed by atoms with Crippen molar-refractivity contribution in [2.24, 2.45) is 0 Å². The summed E-state index contributed by atoms with van der Waals surface area (Å²) in [6.45, 7) is 2.05. The van der Waals surface area contributed by atoms with Crippen LogP contribution < -0.4 is 24.8 Å². The molecule has 5 rings (SSSR count). The van der Waals surface area contributed by atoms with Gasteiger partial charge in [0.25, 0.3) is 17.7 Å². The van der Waals surface area contributed by atoms with E-state index in [2.05, 4.69) is 15.8 Å². The van der Waals surface area contributed by atoms with Crippen LogP contribution >= 0.6 is 0 Å². The Morgan fingerprint density at radius 2 is 2.05 bits per heavy atom. The third-order valence-electron chi connectivity index (χ3n) is 6.78. The van der Waals surface area contributed by atoms with Gasteiger partial charge in [0, 0.05) is 43.8 Å². The summed E-state index contributed by atoms with van der Waals surface area (Å²) in [6, 6.07) is 9.73. The van der Waals surface area contributed by atoms with Crippen LogP contribution in [0.15, 0.2) is 47.0 Å². The number of nitrogens with zero attached hydrogens (tertiary/aromatic N) is 2. The number of rotatable bonds is 3. The van der Waals surface area contributed by atoms with Gasteiger partial charge in [0.05, 0.1) is 18.8 Å². The van der Waals surface area contributed by atoms with Gasteiger partial charge in [-0.1, -0.05) is 12.1 Å². The first-order valence-electron chi connectivity index (χ1n) is 12.9. The fourth-order valence-corrected chi connectivity index (χ4v) is 4.67. The average molecular weight is 553 g/mol. The lowest BCUT2D eigenvalue weighted by atomic mass is 10.0. The number of aryl methyl sites for hydroxylation is 1. The molecule has 0 spiro atoms. The largest absolute Gasteiger partial charge is 0.493 e. The van der Waals surface area contributed by atoms with Crippen LogP contribution in [0.5, 0.6) is 17.2 Å². The number of fused-ring (bicyclic) bond motifs is 5. The highest BCUT2D eigenvalue weighted by atomic mass is 19.1. The minimum atomic E-state index is -0.649. The Hall–Kier alpha value is -4.61. The van der Waals surface area contributed by atoms with Crippen molar-refractivity contribution in [3.05, 3.63) is 70.9 Å². The average Bonchev–Trinajstić information content (AvgIpc) is 3.44. The van der Waals surface area contributed by atoms with E-state index in [9.17, 15) is 18.8 Å². The Bertz CT molecular complexity index is 1430. The van der Waals surface area contributed by atoms with Crippen LogP contribution in [0.2, 0.25) is 0 Å². The molecular weight excluding hydrogens is 523 g/mol. The predicted molar refractivity (Wildman–Crippen MR) is 139 cm³/mol. The van der Waals surface area contributed by atoms with Gasteiger partial charge in [-0.15, -0.1) is 0 Å². The molecule has 3 amide bonds. The lowest BCUT2D eigenvalue weighted by Crippen LogP contribution is -2.58. The molecule has 1 fully saturated rings. The number of hydrogen-bond acceptors (Lipinski definition) is 8. The lowest BCUT2D eigenvalue weighted by molar-refractivity contribution is -0.123. The van der Waals surface area contributed by atoms with E-state index >= 15 is 0 Å². The number of halogens is 1. The summed E-state index contributed by atoms with van der Waals surface area (Å²) >= 11 is 0. The molecule has 0 radical (unpaired) electrons. The maximum Gasteiger partial charge on any atom is 0.292 e. The fraction of sp³-hybridized carbons (Fsp3) is 0.357. The number of aromatic nitrogens is 1. The summed E-state index contributed by atoms with van der Waals surface area (Å²) in [5.74, 6) is -0.878. The van der Waals surface area contributed by atoms with Crippen molar-refractivity contribution < 1.29 is 37.5 Å². The second-order valence-electron chi connectivity index (χ2n) is 9.54. The zero-order chi connectivity index (χ0) is 28.2. The van der Waals surface area contributed by atoms with E-state index < -0.39 is 29.8 Å². The number of likely N-dealkylation sites (tertiary alicyclic amines) is 1. The zero-order valence-corrected chi connectivity index (χ0v) is 22.1. The van der Waals surface area contributed by atoms with Gasteiger partial charge in [0.2, 0.25) is 5.76 Å². The minimum absolute atomic E-state index is 0.0531. The van der Waals surface area contributed by atoms with Crippen LogP contribution in [-0.2, 0) is 17.8 Å². The third-order valence-corrected chi connectivity index (χ3v) is 6.78. The van der Waals surface area contributed by atoms with E-state index in [1.165, 1.54) is 25.3 Å². The van der Waals surface area contributed by atoms with E-state index in [0.717, 1.165) is 0 Å². The second kappa shape index (κ2) is 11.6. The monoisotopic (exact) mass is 552 g/mol. The molecule has 210 valence electrons. The number of benzene rings is 2. The molecule has 1 aromatic heterocycles. The van der Waals surface area contributed by atoms with Gasteiger partial charge in [0.1, 0.15) is 17.7 Å². The number of nitrogens with one attached hydrogen (secondary N) is 2. The number of hydrogen-bond donors (Lipinski definition) is 2. The Morgan fingerprint density at radius 3 is 2.83 bits per heavy atom. The van der Waals surface area contributed by atoms with Crippen molar-refractivity contribution in [2.75, 3.05) is 26.8 Å². The highest BCUT2D eigenvalue weighted by Gasteiger charge is 2.36. The van der Waals surface area contributed by atoms with Crippen molar-refractivity contribution in [3.63, 3.8) is 0 Å². The molecule has 0 aliphatic carbocycles. The van der Waals surface area contributed by atoms with Gasteiger partial charge in [-0.3, -0.25) is 14.4 Å². The summed E-state index contributed by atoms with van der Waals surface area (Å²) in [6.07, 6.45) is 0.392.